The summed E-state index contributed by atoms with van der Waals surface area (Å²) in [5, 5.41) is 10.3. The molecule has 0 bridgehead atoms. The van der Waals surface area contributed by atoms with Crippen LogP contribution in [-0.4, -0.2) is 42.7 Å². The van der Waals surface area contributed by atoms with E-state index < -0.39 is 6.10 Å². The van der Waals surface area contributed by atoms with Crippen LogP contribution in [0.4, 0.5) is 5.69 Å². The van der Waals surface area contributed by atoms with Gasteiger partial charge < -0.3 is 10.0 Å². The normalized spacial score (nSPS) is 17.5. The summed E-state index contributed by atoms with van der Waals surface area (Å²) in [6.07, 6.45) is -0.397. The fraction of sp³-hybridized carbons (Fsp3) is 0.368. The zero-order chi connectivity index (χ0) is 15.4. The molecule has 1 heterocycles. The lowest BCUT2D eigenvalue weighted by molar-refractivity contribution is 0.109. The van der Waals surface area contributed by atoms with Crippen molar-refractivity contribution < 1.29 is 5.11 Å². The van der Waals surface area contributed by atoms with Crippen molar-refractivity contribution in [3.8, 4) is 0 Å². The summed E-state index contributed by atoms with van der Waals surface area (Å²) in [6.45, 7) is 6.88. The number of piperazine rings is 1. The summed E-state index contributed by atoms with van der Waals surface area (Å²) >= 11 is 0. The lowest BCUT2D eigenvalue weighted by Gasteiger charge is -2.37. The number of hydrogen-bond acceptors (Lipinski definition) is 3. The number of β-amino-alcohol motifs (C(OH)–C–C–N with tert-alkyl or cyclic N) is 1. The first-order chi connectivity index (χ1) is 10.7. The topological polar surface area (TPSA) is 26.7 Å². The first-order valence-electron chi connectivity index (χ1n) is 7.99. The lowest BCUT2D eigenvalue weighted by atomic mass is 10.1. The Bertz CT molecular complexity index is 591. The highest BCUT2D eigenvalue weighted by Gasteiger charge is 2.20. The number of rotatable bonds is 4. The molecule has 0 amide bonds. The van der Waals surface area contributed by atoms with Crippen molar-refractivity contribution in [1.82, 2.24) is 4.90 Å². The molecule has 1 N–H and O–H groups in total. The third kappa shape index (κ3) is 3.67. The summed E-state index contributed by atoms with van der Waals surface area (Å²) in [4.78, 5) is 4.78. The number of aryl methyl sites for hydroxylation is 1. The Labute approximate surface area is 132 Å². The predicted octanol–water partition coefficient (Wildman–Crippen LogP) is 2.85. The van der Waals surface area contributed by atoms with E-state index in [4.69, 9.17) is 0 Å². The van der Waals surface area contributed by atoms with Gasteiger partial charge in [0.25, 0.3) is 0 Å². The van der Waals surface area contributed by atoms with Crippen molar-refractivity contribution in [2.24, 2.45) is 0 Å². The molecule has 1 aliphatic rings. The van der Waals surface area contributed by atoms with Gasteiger partial charge in [-0.2, -0.15) is 0 Å². The molecule has 2 aromatic carbocycles. The van der Waals surface area contributed by atoms with Crippen LogP contribution in [0.5, 0.6) is 0 Å². The Morgan fingerprint density at radius 3 is 2.36 bits per heavy atom. The molecular weight excluding hydrogens is 272 g/mol. The van der Waals surface area contributed by atoms with Crippen molar-refractivity contribution >= 4 is 5.69 Å². The predicted molar refractivity (Wildman–Crippen MR) is 91.2 cm³/mol. The zero-order valence-corrected chi connectivity index (χ0v) is 13.2. The van der Waals surface area contributed by atoms with E-state index in [1.165, 1.54) is 11.3 Å². The summed E-state index contributed by atoms with van der Waals surface area (Å²) in [7, 11) is 0. The Morgan fingerprint density at radius 2 is 1.68 bits per heavy atom. The van der Waals surface area contributed by atoms with E-state index in [-0.39, 0.29) is 0 Å². The maximum Gasteiger partial charge on any atom is 0.0916 e. The van der Waals surface area contributed by atoms with E-state index >= 15 is 0 Å². The maximum atomic E-state index is 10.3. The largest absolute Gasteiger partial charge is 0.387 e. The Balaban J connectivity index is 1.54. The molecule has 0 unspecified atom stereocenters. The van der Waals surface area contributed by atoms with E-state index in [1.807, 2.05) is 30.3 Å². The number of aliphatic hydroxyl groups is 1. The number of anilines is 1. The second-order valence-electron chi connectivity index (χ2n) is 6.05. The fourth-order valence-electron chi connectivity index (χ4n) is 3.04. The van der Waals surface area contributed by atoms with Gasteiger partial charge in [-0.1, -0.05) is 42.5 Å². The van der Waals surface area contributed by atoms with Gasteiger partial charge in [0.15, 0.2) is 0 Å². The van der Waals surface area contributed by atoms with Crippen molar-refractivity contribution in [1.29, 1.82) is 0 Å². The molecule has 3 rings (SSSR count). The molecule has 3 heteroatoms. The monoisotopic (exact) mass is 296 g/mol. The van der Waals surface area contributed by atoms with Crippen LogP contribution in [0, 0.1) is 6.92 Å². The molecule has 0 radical (unpaired) electrons. The fourth-order valence-corrected chi connectivity index (χ4v) is 3.04. The Morgan fingerprint density at radius 1 is 0.955 bits per heavy atom. The van der Waals surface area contributed by atoms with Gasteiger partial charge in [0.2, 0.25) is 0 Å². The smallest absolute Gasteiger partial charge is 0.0916 e. The quantitative estimate of drug-likeness (QED) is 0.940. The van der Waals surface area contributed by atoms with Gasteiger partial charge in [0.05, 0.1) is 6.10 Å². The summed E-state index contributed by atoms with van der Waals surface area (Å²) in [6, 6.07) is 18.6. The number of hydrogen-bond donors (Lipinski definition) is 1. The van der Waals surface area contributed by atoms with Crippen LogP contribution in [0.3, 0.4) is 0 Å². The second kappa shape index (κ2) is 6.95. The lowest BCUT2D eigenvalue weighted by Crippen LogP contribution is -2.47. The second-order valence-corrected chi connectivity index (χ2v) is 6.05. The average molecular weight is 296 g/mol. The van der Waals surface area contributed by atoms with Gasteiger partial charge in [-0.3, -0.25) is 4.90 Å². The minimum absolute atomic E-state index is 0.397. The van der Waals surface area contributed by atoms with E-state index in [2.05, 4.69) is 41.0 Å². The van der Waals surface area contributed by atoms with Crippen LogP contribution in [0.15, 0.2) is 54.6 Å². The van der Waals surface area contributed by atoms with Gasteiger partial charge in [-0.05, 0) is 30.2 Å². The maximum absolute atomic E-state index is 10.3. The number of nitrogens with zero attached hydrogens (tertiary/aromatic N) is 2. The SMILES string of the molecule is Cc1cccc(N2CCN(C[C@@H](O)c3ccccc3)CC2)c1. The van der Waals surface area contributed by atoms with Gasteiger partial charge in [0, 0.05) is 38.4 Å². The van der Waals surface area contributed by atoms with E-state index in [9.17, 15) is 5.11 Å². The molecule has 2 aromatic rings. The average Bonchev–Trinajstić information content (AvgIpc) is 2.56. The molecular formula is C19H24N2O. The number of benzene rings is 2. The van der Waals surface area contributed by atoms with Gasteiger partial charge >= 0.3 is 0 Å². The van der Waals surface area contributed by atoms with Gasteiger partial charge in [-0.25, -0.2) is 0 Å². The molecule has 116 valence electrons. The summed E-state index contributed by atoms with van der Waals surface area (Å²) < 4.78 is 0. The molecule has 22 heavy (non-hydrogen) atoms. The summed E-state index contributed by atoms with van der Waals surface area (Å²) in [5.41, 5.74) is 3.62. The van der Waals surface area contributed by atoms with E-state index in [0.717, 1.165) is 31.7 Å². The van der Waals surface area contributed by atoms with E-state index in [1.54, 1.807) is 0 Å². The molecule has 3 nitrogen and oxygen atoms in total. The standard InChI is InChI=1S/C19H24N2O/c1-16-6-5-9-18(14-16)21-12-10-20(11-13-21)15-19(22)17-7-3-2-4-8-17/h2-9,14,19,22H,10-13,15H2,1H3/t19-/m1/s1. The van der Waals surface area contributed by atoms with Gasteiger partial charge in [-0.15, -0.1) is 0 Å². The summed E-state index contributed by atoms with van der Waals surface area (Å²) in [5.74, 6) is 0. The Kier molecular flexibility index (Phi) is 4.76. The minimum Gasteiger partial charge on any atom is -0.387 e. The third-order valence-electron chi connectivity index (χ3n) is 4.35. The highest BCUT2D eigenvalue weighted by atomic mass is 16.3. The zero-order valence-electron chi connectivity index (χ0n) is 13.2. The van der Waals surface area contributed by atoms with Crippen LogP contribution in [0.1, 0.15) is 17.2 Å². The molecule has 0 saturated carbocycles. The van der Waals surface area contributed by atoms with Crippen LogP contribution in [0.25, 0.3) is 0 Å². The molecule has 1 aliphatic heterocycles. The molecule has 1 saturated heterocycles. The van der Waals surface area contributed by atoms with Gasteiger partial charge in [0.1, 0.15) is 0 Å². The minimum atomic E-state index is -0.397. The third-order valence-corrected chi connectivity index (χ3v) is 4.35. The number of aliphatic hydroxyl groups excluding tert-OH is 1. The van der Waals surface area contributed by atoms with Crippen molar-refractivity contribution in [3.63, 3.8) is 0 Å². The molecule has 0 aliphatic carbocycles. The van der Waals surface area contributed by atoms with Crippen LogP contribution >= 0.6 is 0 Å². The van der Waals surface area contributed by atoms with Crippen molar-refractivity contribution in [2.45, 2.75) is 13.0 Å². The highest BCUT2D eigenvalue weighted by Crippen LogP contribution is 2.19. The first kappa shape index (κ1) is 15.1. The van der Waals surface area contributed by atoms with Crippen LogP contribution in [0.2, 0.25) is 0 Å². The molecule has 0 spiro atoms. The van der Waals surface area contributed by atoms with Crippen molar-refractivity contribution in [2.75, 3.05) is 37.6 Å². The highest BCUT2D eigenvalue weighted by molar-refractivity contribution is 5.48. The van der Waals surface area contributed by atoms with E-state index in [0.29, 0.717) is 6.54 Å². The molecule has 1 atom stereocenters. The first-order valence-corrected chi connectivity index (χ1v) is 7.99. The Hall–Kier alpha value is -1.84. The van der Waals surface area contributed by atoms with Crippen LogP contribution < -0.4 is 4.90 Å². The molecule has 1 fully saturated rings. The van der Waals surface area contributed by atoms with Crippen molar-refractivity contribution in [3.05, 3.63) is 65.7 Å². The molecule has 0 aromatic heterocycles. The van der Waals surface area contributed by atoms with Crippen LogP contribution in [-0.2, 0) is 0 Å².